The summed E-state index contributed by atoms with van der Waals surface area (Å²) in [6, 6.07) is 10.7. The molecule has 2 aromatic rings. The minimum atomic E-state index is -0.438. The minimum Gasteiger partial charge on any atom is -0.495 e. The summed E-state index contributed by atoms with van der Waals surface area (Å²) in [5.41, 5.74) is 2.53. The van der Waals surface area contributed by atoms with E-state index in [9.17, 15) is 14.9 Å². The molecule has 1 fully saturated rings. The van der Waals surface area contributed by atoms with E-state index < -0.39 is 4.92 Å². The Hall–Kier alpha value is -3.09. The van der Waals surface area contributed by atoms with Crippen molar-refractivity contribution in [2.24, 2.45) is 0 Å². The number of carbonyl (C=O) groups excluding carboxylic acids is 1. The van der Waals surface area contributed by atoms with E-state index in [2.05, 4.69) is 5.32 Å². The number of para-hydroxylation sites is 1. The molecule has 7 heteroatoms. The van der Waals surface area contributed by atoms with Crippen molar-refractivity contribution < 1.29 is 14.5 Å². The molecule has 0 bridgehead atoms. The van der Waals surface area contributed by atoms with Crippen molar-refractivity contribution in [1.82, 2.24) is 0 Å². The van der Waals surface area contributed by atoms with Gasteiger partial charge >= 0.3 is 0 Å². The molecule has 4 rings (SSSR count). The zero-order chi connectivity index (χ0) is 19.0. The van der Waals surface area contributed by atoms with Crippen molar-refractivity contribution in [3.05, 3.63) is 57.6 Å². The third kappa shape index (κ3) is 3.32. The van der Waals surface area contributed by atoms with E-state index in [-0.39, 0.29) is 11.6 Å². The molecule has 140 valence electrons. The van der Waals surface area contributed by atoms with E-state index in [1.54, 1.807) is 24.1 Å². The summed E-state index contributed by atoms with van der Waals surface area (Å²) < 4.78 is 5.45. The summed E-state index contributed by atoms with van der Waals surface area (Å²) in [6.07, 6.45) is 3.75. The van der Waals surface area contributed by atoms with Gasteiger partial charge in [-0.25, -0.2) is 0 Å². The molecule has 1 aliphatic heterocycles. The fourth-order valence-corrected chi connectivity index (χ4v) is 3.52. The number of fused-ring (bicyclic) bond motifs is 1. The largest absolute Gasteiger partial charge is 0.495 e. The van der Waals surface area contributed by atoms with Crippen LogP contribution in [-0.4, -0.2) is 30.5 Å². The first-order valence-corrected chi connectivity index (χ1v) is 9.11. The highest BCUT2D eigenvalue weighted by atomic mass is 16.6. The predicted octanol–water partition coefficient (Wildman–Crippen LogP) is 3.77. The monoisotopic (exact) mass is 367 g/mol. The lowest BCUT2D eigenvalue weighted by atomic mass is 9.99. The van der Waals surface area contributed by atoms with Crippen LogP contribution in [0.1, 0.15) is 35.2 Å². The van der Waals surface area contributed by atoms with Crippen LogP contribution < -0.4 is 15.0 Å². The average Bonchev–Trinajstić information content (AvgIpc) is 3.50. The topological polar surface area (TPSA) is 84.7 Å². The second-order valence-corrected chi connectivity index (χ2v) is 6.94. The maximum absolute atomic E-state index is 13.2. The van der Waals surface area contributed by atoms with Crippen LogP contribution in [0.3, 0.4) is 0 Å². The van der Waals surface area contributed by atoms with Crippen LogP contribution in [0.15, 0.2) is 36.4 Å². The third-order valence-corrected chi connectivity index (χ3v) is 5.02. The van der Waals surface area contributed by atoms with Crippen molar-refractivity contribution in [3.63, 3.8) is 0 Å². The molecule has 0 radical (unpaired) electrons. The van der Waals surface area contributed by atoms with Gasteiger partial charge in [0.1, 0.15) is 11.4 Å². The number of amides is 1. The van der Waals surface area contributed by atoms with Gasteiger partial charge in [0, 0.05) is 24.2 Å². The summed E-state index contributed by atoms with van der Waals surface area (Å²) >= 11 is 0. The molecular formula is C20H21N3O4. The van der Waals surface area contributed by atoms with Crippen LogP contribution in [-0.2, 0) is 6.42 Å². The molecule has 0 saturated heterocycles. The number of rotatable bonds is 5. The maximum Gasteiger partial charge on any atom is 0.293 e. The Bertz CT molecular complexity index is 894. The number of carbonyl (C=O) groups is 1. The van der Waals surface area contributed by atoms with Gasteiger partial charge in [-0.2, -0.15) is 0 Å². The SMILES string of the molecule is COc1cccc2c1N(C(=O)c1ccc(NC3CC3)c([N+](=O)[O-])c1)CCC2. The van der Waals surface area contributed by atoms with Crippen molar-refractivity contribution in [3.8, 4) is 5.75 Å². The molecule has 1 saturated carbocycles. The molecule has 1 N–H and O–H groups in total. The second-order valence-electron chi connectivity index (χ2n) is 6.94. The quantitative estimate of drug-likeness (QED) is 0.642. The van der Waals surface area contributed by atoms with Crippen molar-refractivity contribution in [2.75, 3.05) is 23.9 Å². The van der Waals surface area contributed by atoms with Crippen LogP contribution >= 0.6 is 0 Å². The normalized spacial score (nSPS) is 15.8. The van der Waals surface area contributed by atoms with E-state index in [0.717, 1.165) is 36.9 Å². The number of nitro groups is 1. The van der Waals surface area contributed by atoms with Gasteiger partial charge < -0.3 is 15.0 Å². The first kappa shape index (κ1) is 17.3. The van der Waals surface area contributed by atoms with Gasteiger partial charge in [-0.1, -0.05) is 12.1 Å². The molecule has 7 nitrogen and oxygen atoms in total. The standard InChI is InChI=1S/C20H21N3O4/c1-27-18-6-2-4-13-5-3-11-22(19(13)18)20(24)14-7-10-16(21-15-8-9-15)17(12-14)23(25)26/h2,4,6-7,10,12,15,21H,3,5,8-9,11H2,1H3. The van der Waals surface area contributed by atoms with Crippen molar-refractivity contribution >= 4 is 23.0 Å². The number of methoxy groups -OCH3 is 1. The van der Waals surface area contributed by atoms with Gasteiger partial charge in [0.15, 0.2) is 0 Å². The van der Waals surface area contributed by atoms with E-state index >= 15 is 0 Å². The summed E-state index contributed by atoms with van der Waals surface area (Å²) in [6.45, 7) is 0.558. The van der Waals surface area contributed by atoms with Gasteiger partial charge in [0.2, 0.25) is 0 Å². The molecule has 0 unspecified atom stereocenters. The van der Waals surface area contributed by atoms with Gasteiger partial charge in [-0.3, -0.25) is 14.9 Å². The van der Waals surface area contributed by atoms with E-state index in [4.69, 9.17) is 4.74 Å². The van der Waals surface area contributed by atoms with Gasteiger partial charge in [-0.05, 0) is 49.4 Å². The number of anilines is 2. The van der Waals surface area contributed by atoms with Crippen molar-refractivity contribution in [1.29, 1.82) is 0 Å². The lowest BCUT2D eigenvalue weighted by Crippen LogP contribution is -2.35. The Morgan fingerprint density at radius 2 is 2.11 bits per heavy atom. The van der Waals surface area contributed by atoms with Crippen LogP contribution in [0, 0.1) is 10.1 Å². The second kappa shape index (κ2) is 6.90. The molecule has 0 spiro atoms. The Kier molecular flexibility index (Phi) is 4.43. The number of hydrogen-bond acceptors (Lipinski definition) is 5. The number of nitro benzene ring substituents is 1. The Balaban J connectivity index is 1.70. The Labute approximate surface area is 157 Å². The highest BCUT2D eigenvalue weighted by molar-refractivity contribution is 6.08. The number of nitrogens with zero attached hydrogens (tertiary/aromatic N) is 2. The molecule has 27 heavy (non-hydrogen) atoms. The van der Waals surface area contributed by atoms with E-state index in [1.807, 2.05) is 18.2 Å². The predicted molar refractivity (Wildman–Crippen MR) is 103 cm³/mol. The maximum atomic E-state index is 13.2. The summed E-state index contributed by atoms with van der Waals surface area (Å²) in [5.74, 6) is 0.392. The highest BCUT2D eigenvalue weighted by Crippen LogP contribution is 2.38. The van der Waals surface area contributed by atoms with Gasteiger partial charge in [0.05, 0.1) is 17.7 Å². The lowest BCUT2D eigenvalue weighted by molar-refractivity contribution is -0.384. The number of aryl methyl sites for hydroxylation is 1. The van der Waals surface area contributed by atoms with Gasteiger partial charge in [-0.15, -0.1) is 0 Å². The Morgan fingerprint density at radius 1 is 1.30 bits per heavy atom. The number of hydrogen-bond donors (Lipinski definition) is 1. The summed E-state index contributed by atoms with van der Waals surface area (Å²) in [5, 5.41) is 14.7. The van der Waals surface area contributed by atoms with Crippen LogP contribution in [0.2, 0.25) is 0 Å². The van der Waals surface area contributed by atoms with Crippen LogP contribution in [0.4, 0.5) is 17.1 Å². The molecule has 1 aliphatic carbocycles. The molecule has 1 heterocycles. The molecule has 1 amide bonds. The average molecular weight is 367 g/mol. The highest BCUT2D eigenvalue weighted by Gasteiger charge is 2.29. The fourth-order valence-electron chi connectivity index (χ4n) is 3.52. The number of benzene rings is 2. The van der Waals surface area contributed by atoms with E-state index in [1.165, 1.54) is 6.07 Å². The lowest BCUT2D eigenvalue weighted by Gasteiger charge is -2.31. The molecule has 2 aliphatic rings. The first-order chi connectivity index (χ1) is 13.1. The molecule has 0 atom stereocenters. The zero-order valence-electron chi connectivity index (χ0n) is 15.1. The Morgan fingerprint density at radius 3 is 2.81 bits per heavy atom. The van der Waals surface area contributed by atoms with Crippen LogP contribution in [0.25, 0.3) is 0 Å². The van der Waals surface area contributed by atoms with Gasteiger partial charge in [0.25, 0.3) is 11.6 Å². The number of nitrogens with one attached hydrogen (secondary N) is 1. The first-order valence-electron chi connectivity index (χ1n) is 9.11. The molecular weight excluding hydrogens is 346 g/mol. The van der Waals surface area contributed by atoms with Crippen molar-refractivity contribution in [2.45, 2.75) is 31.7 Å². The fraction of sp³-hybridized carbons (Fsp3) is 0.350. The molecule has 2 aromatic carbocycles. The smallest absolute Gasteiger partial charge is 0.293 e. The summed E-state index contributed by atoms with van der Waals surface area (Å²) in [4.78, 5) is 25.9. The summed E-state index contributed by atoms with van der Waals surface area (Å²) in [7, 11) is 1.58. The number of ether oxygens (including phenoxy) is 1. The van der Waals surface area contributed by atoms with E-state index in [0.29, 0.717) is 29.6 Å². The minimum absolute atomic E-state index is 0.0648. The third-order valence-electron chi connectivity index (χ3n) is 5.02. The van der Waals surface area contributed by atoms with Crippen LogP contribution in [0.5, 0.6) is 5.75 Å². The molecule has 0 aromatic heterocycles. The zero-order valence-corrected chi connectivity index (χ0v) is 15.1.